The Morgan fingerprint density at radius 3 is 2.86 bits per heavy atom. The Morgan fingerprint density at radius 1 is 1.41 bits per heavy atom. The maximum absolute atomic E-state index is 12.3. The molecule has 2 amide bonds. The third-order valence-electron chi connectivity index (χ3n) is 4.08. The zero-order valence-corrected chi connectivity index (χ0v) is 12.9. The lowest BCUT2D eigenvalue weighted by Crippen LogP contribution is -2.39. The van der Waals surface area contributed by atoms with E-state index in [-0.39, 0.29) is 17.9 Å². The standard InChI is InChI=1S/C16H21N3O3/c1-10(16(21)19-7-3-4-8-19)17-12-5-6-14-13(9-12)18-15(20)11(2)22-14/h5-6,9-11,17H,3-4,7-8H2,1-2H3,(H,18,20)/t10-,11-/m0/s1. The first kappa shape index (κ1) is 14.7. The number of likely N-dealkylation sites (tertiary alicyclic amines) is 1. The Hall–Kier alpha value is -2.24. The number of nitrogens with one attached hydrogen (secondary N) is 2. The number of carbonyl (C=O) groups excluding carboxylic acids is 2. The van der Waals surface area contributed by atoms with Crippen LogP contribution in [0, 0.1) is 0 Å². The Bertz CT molecular complexity index is 596. The van der Waals surface area contributed by atoms with Crippen molar-refractivity contribution in [1.82, 2.24) is 4.90 Å². The first-order valence-electron chi connectivity index (χ1n) is 7.71. The fourth-order valence-corrected chi connectivity index (χ4v) is 2.82. The van der Waals surface area contributed by atoms with E-state index in [9.17, 15) is 9.59 Å². The van der Waals surface area contributed by atoms with Crippen LogP contribution in [0.25, 0.3) is 0 Å². The first-order valence-corrected chi connectivity index (χ1v) is 7.71. The van der Waals surface area contributed by atoms with Crippen molar-refractivity contribution < 1.29 is 14.3 Å². The highest BCUT2D eigenvalue weighted by Crippen LogP contribution is 2.32. The van der Waals surface area contributed by atoms with Gasteiger partial charge in [0, 0.05) is 18.8 Å². The highest BCUT2D eigenvalue weighted by Gasteiger charge is 2.25. The number of rotatable bonds is 3. The van der Waals surface area contributed by atoms with Crippen molar-refractivity contribution in [2.75, 3.05) is 23.7 Å². The van der Waals surface area contributed by atoms with E-state index in [0.29, 0.717) is 11.4 Å². The summed E-state index contributed by atoms with van der Waals surface area (Å²) < 4.78 is 5.52. The van der Waals surface area contributed by atoms with Gasteiger partial charge in [-0.25, -0.2) is 0 Å². The number of hydrogen-bond donors (Lipinski definition) is 2. The normalized spacial score (nSPS) is 21.6. The van der Waals surface area contributed by atoms with E-state index in [0.717, 1.165) is 31.6 Å². The summed E-state index contributed by atoms with van der Waals surface area (Å²) in [6, 6.07) is 5.17. The largest absolute Gasteiger partial charge is 0.479 e. The van der Waals surface area contributed by atoms with Gasteiger partial charge in [0.25, 0.3) is 5.91 Å². The Morgan fingerprint density at radius 2 is 2.14 bits per heavy atom. The SMILES string of the molecule is C[C@H](Nc1ccc2c(c1)NC(=O)[C@H](C)O2)C(=O)N1CCCC1. The minimum atomic E-state index is -0.484. The zero-order valence-electron chi connectivity index (χ0n) is 12.9. The van der Waals surface area contributed by atoms with Crippen LogP contribution in [0.15, 0.2) is 18.2 Å². The second-order valence-corrected chi connectivity index (χ2v) is 5.86. The molecule has 0 aromatic heterocycles. The minimum absolute atomic E-state index is 0.115. The van der Waals surface area contributed by atoms with Crippen molar-refractivity contribution in [1.29, 1.82) is 0 Å². The van der Waals surface area contributed by atoms with Gasteiger partial charge in [0.1, 0.15) is 11.8 Å². The summed E-state index contributed by atoms with van der Waals surface area (Å²) in [6.07, 6.45) is 1.68. The molecule has 2 atom stereocenters. The van der Waals surface area contributed by atoms with Crippen LogP contribution >= 0.6 is 0 Å². The predicted octanol–water partition coefficient (Wildman–Crippen LogP) is 1.83. The number of ether oxygens (including phenoxy) is 1. The van der Waals surface area contributed by atoms with Crippen molar-refractivity contribution in [2.24, 2.45) is 0 Å². The lowest BCUT2D eigenvalue weighted by Gasteiger charge is -2.25. The van der Waals surface area contributed by atoms with Gasteiger partial charge in [-0.1, -0.05) is 0 Å². The lowest BCUT2D eigenvalue weighted by atomic mass is 10.2. The van der Waals surface area contributed by atoms with Gasteiger partial charge >= 0.3 is 0 Å². The molecule has 0 spiro atoms. The molecule has 118 valence electrons. The van der Waals surface area contributed by atoms with Gasteiger partial charge in [0.2, 0.25) is 5.91 Å². The maximum Gasteiger partial charge on any atom is 0.265 e. The lowest BCUT2D eigenvalue weighted by molar-refractivity contribution is -0.130. The third kappa shape index (κ3) is 2.86. The van der Waals surface area contributed by atoms with E-state index in [1.165, 1.54) is 0 Å². The molecule has 1 aromatic rings. The minimum Gasteiger partial charge on any atom is -0.479 e. The number of fused-ring (bicyclic) bond motifs is 1. The molecule has 3 rings (SSSR count). The highest BCUT2D eigenvalue weighted by atomic mass is 16.5. The van der Waals surface area contributed by atoms with Crippen LogP contribution < -0.4 is 15.4 Å². The molecule has 6 heteroatoms. The topological polar surface area (TPSA) is 70.7 Å². The molecule has 2 N–H and O–H groups in total. The molecule has 0 saturated carbocycles. The number of amides is 2. The molecule has 2 aliphatic heterocycles. The second kappa shape index (κ2) is 5.87. The summed E-state index contributed by atoms with van der Waals surface area (Å²) in [5.41, 5.74) is 1.42. The molecule has 22 heavy (non-hydrogen) atoms. The van der Waals surface area contributed by atoms with Crippen molar-refractivity contribution in [3.8, 4) is 5.75 Å². The van der Waals surface area contributed by atoms with Crippen LogP contribution in [0.4, 0.5) is 11.4 Å². The average molecular weight is 303 g/mol. The summed E-state index contributed by atoms with van der Waals surface area (Å²) in [7, 11) is 0. The Balaban J connectivity index is 1.69. The molecule has 1 fully saturated rings. The summed E-state index contributed by atoms with van der Waals surface area (Å²) in [5, 5.41) is 6.00. The number of nitrogens with zero attached hydrogens (tertiary/aromatic N) is 1. The zero-order chi connectivity index (χ0) is 15.7. The predicted molar refractivity (Wildman–Crippen MR) is 84.1 cm³/mol. The summed E-state index contributed by atoms with van der Waals surface area (Å²) in [6.45, 7) is 5.26. The third-order valence-corrected chi connectivity index (χ3v) is 4.08. The van der Waals surface area contributed by atoms with E-state index < -0.39 is 6.10 Å². The molecule has 1 aromatic carbocycles. The Kier molecular flexibility index (Phi) is 3.92. The van der Waals surface area contributed by atoms with Crippen LogP contribution in [-0.4, -0.2) is 41.9 Å². The van der Waals surface area contributed by atoms with Crippen LogP contribution in [0.5, 0.6) is 5.75 Å². The molecule has 0 radical (unpaired) electrons. The summed E-state index contributed by atoms with van der Waals surface area (Å²) in [4.78, 5) is 25.8. The van der Waals surface area contributed by atoms with Gasteiger partial charge in [0.05, 0.1) is 5.69 Å². The molecular weight excluding hydrogens is 282 g/mol. The van der Waals surface area contributed by atoms with Gasteiger partial charge in [-0.15, -0.1) is 0 Å². The van der Waals surface area contributed by atoms with E-state index in [2.05, 4.69) is 10.6 Å². The fourth-order valence-electron chi connectivity index (χ4n) is 2.82. The number of carbonyl (C=O) groups is 2. The van der Waals surface area contributed by atoms with Gasteiger partial charge in [0.15, 0.2) is 6.10 Å². The Labute approximate surface area is 129 Å². The van der Waals surface area contributed by atoms with Crippen molar-refractivity contribution in [3.63, 3.8) is 0 Å². The van der Waals surface area contributed by atoms with Crippen LogP contribution in [-0.2, 0) is 9.59 Å². The molecule has 0 bridgehead atoms. The first-order chi connectivity index (χ1) is 10.5. The molecule has 6 nitrogen and oxygen atoms in total. The van der Waals surface area contributed by atoms with E-state index in [4.69, 9.17) is 4.74 Å². The van der Waals surface area contributed by atoms with Crippen LogP contribution in [0.2, 0.25) is 0 Å². The van der Waals surface area contributed by atoms with Crippen molar-refractivity contribution >= 4 is 23.2 Å². The van der Waals surface area contributed by atoms with E-state index in [1.807, 2.05) is 17.9 Å². The molecule has 1 saturated heterocycles. The molecule has 0 unspecified atom stereocenters. The summed E-state index contributed by atoms with van der Waals surface area (Å²) in [5.74, 6) is 0.603. The van der Waals surface area contributed by atoms with E-state index >= 15 is 0 Å². The average Bonchev–Trinajstić information content (AvgIpc) is 3.02. The van der Waals surface area contributed by atoms with Gasteiger partial charge in [-0.2, -0.15) is 0 Å². The highest BCUT2D eigenvalue weighted by molar-refractivity contribution is 5.98. The molecule has 2 heterocycles. The maximum atomic E-state index is 12.3. The molecule has 0 aliphatic carbocycles. The van der Waals surface area contributed by atoms with Gasteiger partial charge in [-0.3, -0.25) is 9.59 Å². The van der Waals surface area contributed by atoms with Crippen molar-refractivity contribution in [3.05, 3.63) is 18.2 Å². The smallest absolute Gasteiger partial charge is 0.265 e. The molecule has 2 aliphatic rings. The number of benzene rings is 1. The summed E-state index contributed by atoms with van der Waals surface area (Å²) >= 11 is 0. The number of anilines is 2. The van der Waals surface area contributed by atoms with Gasteiger partial charge in [-0.05, 0) is 44.9 Å². The van der Waals surface area contributed by atoms with Crippen LogP contribution in [0.1, 0.15) is 26.7 Å². The van der Waals surface area contributed by atoms with E-state index in [1.54, 1.807) is 19.1 Å². The number of hydrogen-bond acceptors (Lipinski definition) is 4. The monoisotopic (exact) mass is 303 g/mol. The van der Waals surface area contributed by atoms with Gasteiger partial charge < -0.3 is 20.3 Å². The second-order valence-electron chi connectivity index (χ2n) is 5.86. The molecular formula is C16H21N3O3. The van der Waals surface area contributed by atoms with Crippen LogP contribution in [0.3, 0.4) is 0 Å². The van der Waals surface area contributed by atoms with Crippen molar-refractivity contribution in [2.45, 2.75) is 38.8 Å². The quantitative estimate of drug-likeness (QED) is 0.893. The fraction of sp³-hybridized carbons (Fsp3) is 0.500.